The quantitative estimate of drug-likeness (QED) is 0.636. The normalized spacial score (nSPS) is 10.6. The molecule has 96 valence electrons. The number of benzene rings is 1. The van der Waals surface area contributed by atoms with Crippen LogP contribution >= 0.6 is 11.8 Å². The Balaban J connectivity index is 2.09. The van der Waals surface area contributed by atoms with Crippen LogP contribution in [-0.2, 0) is 12.8 Å². The van der Waals surface area contributed by atoms with Crippen molar-refractivity contribution in [1.29, 1.82) is 0 Å². The summed E-state index contributed by atoms with van der Waals surface area (Å²) < 4.78 is 6.56. The van der Waals surface area contributed by atoms with Crippen LogP contribution in [0.5, 0.6) is 5.75 Å². The smallest absolute Gasteiger partial charge is 0.343 e. The number of hydrogen-bond donors (Lipinski definition) is 2. The minimum atomic E-state index is -0.216. The summed E-state index contributed by atoms with van der Waals surface area (Å²) >= 11 is 1.47. The van der Waals surface area contributed by atoms with Crippen molar-refractivity contribution in [3.05, 3.63) is 34.2 Å². The van der Waals surface area contributed by atoms with Crippen LogP contribution in [0.2, 0.25) is 0 Å². The van der Waals surface area contributed by atoms with E-state index in [-0.39, 0.29) is 5.69 Å². The largest absolute Gasteiger partial charge is 0.495 e. The minimum Gasteiger partial charge on any atom is -0.495 e. The van der Waals surface area contributed by atoms with Gasteiger partial charge in [-0.15, -0.1) is 5.10 Å². The van der Waals surface area contributed by atoms with Crippen molar-refractivity contribution < 1.29 is 4.74 Å². The third kappa shape index (κ3) is 2.51. The number of nitrogens with two attached hydrogens (primary N) is 1. The van der Waals surface area contributed by atoms with Crippen molar-refractivity contribution in [3.63, 3.8) is 0 Å². The van der Waals surface area contributed by atoms with Gasteiger partial charge in [-0.2, -0.15) is 0 Å². The number of rotatable bonds is 4. The Morgan fingerprint density at radius 2 is 2.33 bits per heavy atom. The van der Waals surface area contributed by atoms with Gasteiger partial charge in [-0.1, -0.05) is 17.8 Å². The molecule has 0 aliphatic heterocycles. The minimum absolute atomic E-state index is 0.216. The van der Waals surface area contributed by atoms with E-state index in [4.69, 9.17) is 10.5 Å². The highest BCUT2D eigenvalue weighted by atomic mass is 32.2. The van der Waals surface area contributed by atoms with Crippen LogP contribution in [0.25, 0.3) is 0 Å². The fourth-order valence-electron chi connectivity index (χ4n) is 1.48. The summed E-state index contributed by atoms with van der Waals surface area (Å²) in [6, 6.07) is 5.62. The third-order valence-electron chi connectivity index (χ3n) is 2.50. The predicted molar refractivity (Wildman–Crippen MR) is 70.8 cm³/mol. The molecule has 0 spiro atoms. The molecule has 1 aromatic carbocycles. The Bertz CT molecular complexity index is 605. The van der Waals surface area contributed by atoms with Crippen LogP contribution < -0.4 is 16.2 Å². The molecule has 1 aromatic heterocycles. The lowest BCUT2D eigenvalue weighted by molar-refractivity contribution is 0.417. The molecular formula is C11H14N4O2S. The van der Waals surface area contributed by atoms with E-state index in [1.165, 1.54) is 16.3 Å². The molecule has 0 saturated heterocycles. The topological polar surface area (TPSA) is 85.9 Å². The van der Waals surface area contributed by atoms with Crippen molar-refractivity contribution in [1.82, 2.24) is 14.8 Å². The summed E-state index contributed by atoms with van der Waals surface area (Å²) in [6.07, 6.45) is 0. The molecule has 2 aromatic rings. The summed E-state index contributed by atoms with van der Waals surface area (Å²) in [5, 5.41) is 6.96. The predicted octanol–water partition coefficient (Wildman–Crippen LogP) is 0.991. The summed E-state index contributed by atoms with van der Waals surface area (Å²) in [6.45, 7) is 0. The number of nitrogens with one attached hydrogen (secondary N) is 1. The molecule has 7 heteroatoms. The highest BCUT2D eigenvalue weighted by molar-refractivity contribution is 7.98. The SMILES string of the molecule is COc1ccc(CSc2n[nH]c(=O)n2C)cc1N. The molecule has 0 radical (unpaired) electrons. The molecule has 18 heavy (non-hydrogen) atoms. The van der Waals surface area contributed by atoms with E-state index in [2.05, 4.69) is 10.2 Å². The van der Waals surface area contributed by atoms with Crippen LogP contribution in [0.1, 0.15) is 5.56 Å². The first kappa shape index (κ1) is 12.6. The summed E-state index contributed by atoms with van der Waals surface area (Å²) in [5.74, 6) is 1.35. The zero-order chi connectivity index (χ0) is 13.1. The maximum absolute atomic E-state index is 11.2. The van der Waals surface area contributed by atoms with Crippen molar-refractivity contribution >= 4 is 17.4 Å². The van der Waals surface area contributed by atoms with Crippen LogP contribution in [-0.4, -0.2) is 21.9 Å². The average Bonchev–Trinajstić information content (AvgIpc) is 2.68. The van der Waals surface area contributed by atoms with E-state index in [9.17, 15) is 4.79 Å². The first-order valence-corrected chi connectivity index (χ1v) is 6.27. The fraction of sp³-hybridized carbons (Fsp3) is 0.273. The molecule has 0 aliphatic carbocycles. The van der Waals surface area contributed by atoms with Crippen LogP contribution in [0.15, 0.2) is 28.2 Å². The van der Waals surface area contributed by atoms with E-state index < -0.39 is 0 Å². The van der Waals surface area contributed by atoms with Crippen molar-refractivity contribution in [2.45, 2.75) is 10.9 Å². The van der Waals surface area contributed by atoms with Gasteiger partial charge in [-0.05, 0) is 17.7 Å². The van der Waals surface area contributed by atoms with E-state index in [1.54, 1.807) is 14.2 Å². The van der Waals surface area contributed by atoms with E-state index in [0.29, 0.717) is 22.3 Å². The van der Waals surface area contributed by atoms with Gasteiger partial charge in [-0.3, -0.25) is 4.57 Å². The second kappa shape index (κ2) is 5.18. The molecule has 0 fully saturated rings. The molecule has 0 amide bonds. The Kier molecular flexibility index (Phi) is 3.61. The van der Waals surface area contributed by atoms with Gasteiger partial charge < -0.3 is 10.5 Å². The maximum Gasteiger partial charge on any atom is 0.343 e. The summed E-state index contributed by atoms with van der Waals surface area (Å²) in [7, 11) is 3.26. The number of methoxy groups -OCH3 is 1. The first-order chi connectivity index (χ1) is 8.61. The number of anilines is 1. The molecule has 0 bridgehead atoms. The lowest BCUT2D eigenvalue weighted by atomic mass is 10.2. The first-order valence-electron chi connectivity index (χ1n) is 5.28. The number of nitrogens with zero attached hydrogens (tertiary/aromatic N) is 2. The van der Waals surface area contributed by atoms with Crippen molar-refractivity contribution in [2.75, 3.05) is 12.8 Å². The molecule has 6 nitrogen and oxygen atoms in total. The molecule has 1 heterocycles. The zero-order valence-corrected chi connectivity index (χ0v) is 11.0. The summed E-state index contributed by atoms with van der Waals surface area (Å²) in [5.41, 5.74) is 7.26. The third-order valence-corrected chi connectivity index (χ3v) is 3.60. The highest BCUT2D eigenvalue weighted by Crippen LogP contribution is 2.25. The van der Waals surface area contributed by atoms with Gasteiger partial charge >= 0.3 is 5.69 Å². The van der Waals surface area contributed by atoms with E-state index in [0.717, 1.165) is 5.56 Å². The van der Waals surface area contributed by atoms with Gasteiger partial charge in [-0.25, -0.2) is 9.89 Å². The van der Waals surface area contributed by atoms with Crippen molar-refractivity contribution in [2.24, 2.45) is 7.05 Å². The molecule has 0 unspecified atom stereocenters. The van der Waals surface area contributed by atoms with Crippen LogP contribution in [0.3, 0.4) is 0 Å². The number of aromatic amines is 1. The number of thioether (sulfide) groups is 1. The average molecular weight is 266 g/mol. The molecule has 3 N–H and O–H groups in total. The van der Waals surface area contributed by atoms with E-state index in [1.807, 2.05) is 18.2 Å². The van der Waals surface area contributed by atoms with Gasteiger partial charge in [0.25, 0.3) is 0 Å². The Labute approximate surface area is 108 Å². The number of aromatic nitrogens is 3. The van der Waals surface area contributed by atoms with Crippen molar-refractivity contribution in [3.8, 4) is 5.75 Å². The van der Waals surface area contributed by atoms with E-state index >= 15 is 0 Å². The van der Waals surface area contributed by atoms with Gasteiger partial charge in [0.1, 0.15) is 5.75 Å². The number of H-pyrrole nitrogens is 1. The lowest BCUT2D eigenvalue weighted by Crippen LogP contribution is -2.12. The monoisotopic (exact) mass is 266 g/mol. The van der Waals surface area contributed by atoms with Crippen LogP contribution in [0.4, 0.5) is 5.69 Å². The van der Waals surface area contributed by atoms with Gasteiger partial charge in [0, 0.05) is 12.8 Å². The maximum atomic E-state index is 11.2. The summed E-state index contributed by atoms with van der Waals surface area (Å²) in [4.78, 5) is 11.2. The number of hydrogen-bond acceptors (Lipinski definition) is 5. The molecule has 0 atom stereocenters. The molecular weight excluding hydrogens is 252 g/mol. The molecule has 0 aliphatic rings. The van der Waals surface area contributed by atoms with Gasteiger partial charge in [0.2, 0.25) is 0 Å². The highest BCUT2D eigenvalue weighted by Gasteiger charge is 2.06. The standard InChI is InChI=1S/C11H14N4O2S/c1-15-10(16)13-14-11(15)18-6-7-3-4-9(17-2)8(12)5-7/h3-5H,6,12H2,1-2H3,(H,13,16). The second-order valence-corrected chi connectivity index (χ2v) is 4.68. The van der Waals surface area contributed by atoms with Gasteiger partial charge in [0.15, 0.2) is 5.16 Å². The Morgan fingerprint density at radius 1 is 1.56 bits per heavy atom. The van der Waals surface area contributed by atoms with Crippen LogP contribution in [0, 0.1) is 0 Å². The molecule has 0 saturated carbocycles. The molecule has 2 rings (SSSR count). The number of ether oxygens (including phenoxy) is 1. The van der Waals surface area contributed by atoms with Gasteiger partial charge in [0.05, 0.1) is 12.8 Å². The second-order valence-electron chi connectivity index (χ2n) is 3.74. The Hall–Kier alpha value is -1.89. The Morgan fingerprint density at radius 3 is 2.89 bits per heavy atom. The number of nitrogen functional groups attached to an aromatic ring is 1. The lowest BCUT2D eigenvalue weighted by Gasteiger charge is -2.06. The zero-order valence-electron chi connectivity index (χ0n) is 10.1. The fourth-order valence-corrected chi connectivity index (χ4v) is 2.35.